The van der Waals surface area contributed by atoms with Gasteiger partial charge in [0.15, 0.2) is 0 Å². The first kappa shape index (κ1) is 15.9. The standard InChI is InChI=1S/C14H8BrFINO3/c15-7-1-4-12(10(5-7)14(20)21)18-13(19)9-3-2-8(16)6-11(9)17/h1-6H,(H,18,19)(H,20,21). The normalized spacial score (nSPS) is 10.2. The number of carboxylic acid groups (broad SMARTS) is 1. The van der Waals surface area contributed by atoms with E-state index in [2.05, 4.69) is 21.2 Å². The maximum Gasteiger partial charge on any atom is 0.337 e. The number of carbonyl (C=O) groups is 2. The molecule has 2 N–H and O–H groups in total. The monoisotopic (exact) mass is 463 g/mol. The van der Waals surface area contributed by atoms with Crippen molar-refractivity contribution in [3.63, 3.8) is 0 Å². The van der Waals surface area contributed by atoms with Crippen LogP contribution >= 0.6 is 38.5 Å². The summed E-state index contributed by atoms with van der Waals surface area (Å²) in [7, 11) is 0. The van der Waals surface area contributed by atoms with Gasteiger partial charge >= 0.3 is 5.97 Å². The Morgan fingerprint density at radius 2 is 1.86 bits per heavy atom. The third kappa shape index (κ3) is 3.79. The van der Waals surface area contributed by atoms with Crippen LogP contribution in [-0.2, 0) is 0 Å². The predicted molar refractivity (Wildman–Crippen MR) is 88.2 cm³/mol. The summed E-state index contributed by atoms with van der Waals surface area (Å²) in [4.78, 5) is 23.3. The highest BCUT2D eigenvalue weighted by atomic mass is 127. The van der Waals surface area contributed by atoms with Crippen molar-refractivity contribution in [2.45, 2.75) is 0 Å². The van der Waals surface area contributed by atoms with Gasteiger partial charge in [0.1, 0.15) is 5.82 Å². The average Bonchev–Trinajstić information content (AvgIpc) is 2.40. The van der Waals surface area contributed by atoms with Crippen LogP contribution in [0.5, 0.6) is 0 Å². The molecule has 0 aromatic heterocycles. The lowest BCUT2D eigenvalue weighted by atomic mass is 10.1. The second kappa shape index (κ2) is 6.52. The number of amides is 1. The highest BCUT2D eigenvalue weighted by Gasteiger charge is 2.16. The van der Waals surface area contributed by atoms with Crippen LogP contribution < -0.4 is 5.32 Å². The van der Waals surface area contributed by atoms with Gasteiger partial charge in [0.05, 0.1) is 16.8 Å². The van der Waals surface area contributed by atoms with Gasteiger partial charge in [-0.05, 0) is 59.0 Å². The molecule has 2 rings (SSSR count). The predicted octanol–water partition coefficient (Wildman–Crippen LogP) is 4.14. The average molecular weight is 464 g/mol. The molecule has 0 unspecified atom stereocenters. The first-order valence-electron chi connectivity index (χ1n) is 5.67. The SMILES string of the molecule is O=C(Nc1ccc(Br)cc1C(=O)O)c1ccc(F)cc1I. The Morgan fingerprint density at radius 1 is 1.14 bits per heavy atom. The molecule has 0 aliphatic rings. The summed E-state index contributed by atoms with van der Waals surface area (Å²) in [5.74, 6) is -2.09. The molecular weight excluding hydrogens is 456 g/mol. The van der Waals surface area contributed by atoms with Gasteiger partial charge in [-0.1, -0.05) is 15.9 Å². The first-order chi connectivity index (χ1) is 9.88. The van der Waals surface area contributed by atoms with Crippen molar-refractivity contribution < 1.29 is 19.1 Å². The number of carboxylic acids is 1. The number of aromatic carboxylic acids is 1. The highest BCUT2D eigenvalue weighted by Crippen LogP contribution is 2.23. The van der Waals surface area contributed by atoms with Crippen molar-refractivity contribution in [1.82, 2.24) is 0 Å². The minimum atomic E-state index is -1.15. The summed E-state index contributed by atoms with van der Waals surface area (Å²) in [6.45, 7) is 0. The Bertz CT molecular complexity index is 736. The molecular formula is C14H8BrFINO3. The fraction of sp³-hybridized carbons (Fsp3) is 0. The van der Waals surface area contributed by atoms with Crippen molar-refractivity contribution in [2.24, 2.45) is 0 Å². The Hall–Kier alpha value is -1.48. The maximum absolute atomic E-state index is 13.0. The molecule has 7 heteroatoms. The van der Waals surface area contributed by atoms with Crippen LogP contribution in [0.25, 0.3) is 0 Å². The fourth-order valence-electron chi connectivity index (χ4n) is 1.67. The molecule has 21 heavy (non-hydrogen) atoms. The molecule has 2 aromatic carbocycles. The second-order valence-corrected chi connectivity index (χ2v) is 6.15. The molecule has 108 valence electrons. The van der Waals surface area contributed by atoms with Crippen LogP contribution in [-0.4, -0.2) is 17.0 Å². The van der Waals surface area contributed by atoms with Crippen molar-refractivity contribution in [3.05, 3.63) is 61.4 Å². The zero-order chi connectivity index (χ0) is 15.6. The summed E-state index contributed by atoms with van der Waals surface area (Å²) in [5, 5.41) is 11.7. The number of carbonyl (C=O) groups excluding carboxylic acids is 1. The zero-order valence-electron chi connectivity index (χ0n) is 10.4. The summed E-state index contributed by atoms with van der Waals surface area (Å²) >= 11 is 5.02. The van der Waals surface area contributed by atoms with Crippen LogP contribution in [0.1, 0.15) is 20.7 Å². The molecule has 0 aliphatic carbocycles. The van der Waals surface area contributed by atoms with E-state index in [1.807, 2.05) is 22.6 Å². The minimum absolute atomic E-state index is 0.0326. The minimum Gasteiger partial charge on any atom is -0.478 e. The van der Waals surface area contributed by atoms with Crippen molar-refractivity contribution in [3.8, 4) is 0 Å². The maximum atomic E-state index is 13.0. The van der Waals surface area contributed by atoms with E-state index < -0.39 is 17.7 Å². The molecule has 0 saturated carbocycles. The molecule has 0 atom stereocenters. The number of benzene rings is 2. The number of nitrogens with one attached hydrogen (secondary N) is 1. The van der Waals surface area contributed by atoms with Gasteiger partial charge in [-0.3, -0.25) is 4.79 Å². The van der Waals surface area contributed by atoms with Gasteiger partial charge < -0.3 is 10.4 Å². The van der Waals surface area contributed by atoms with Gasteiger partial charge in [-0.2, -0.15) is 0 Å². The molecule has 0 radical (unpaired) electrons. The lowest BCUT2D eigenvalue weighted by molar-refractivity contribution is 0.0698. The largest absolute Gasteiger partial charge is 0.478 e. The molecule has 0 aliphatic heterocycles. The van der Waals surface area contributed by atoms with Crippen molar-refractivity contribution in [2.75, 3.05) is 5.32 Å². The van der Waals surface area contributed by atoms with Crippen LogP contribution in [0.15, 0.2) is 40.9 Å². The molecule has 0 bridgehead atoms. The van der Waals surface area contributed by atoms with Crippen molar-refractivity contribution >= 4 is 56.1 Å². The zero-order valence-corrected chi connectivity index (χ0v) is 14.1. The summed E-state index contributed by atoms with van der Waals surface area (Å²) in [6.07, 6.45) is 0. The third-order valence-electron chi connectivity index (χ3n) is 2.64. The lowest BCUT2D eigenvalue weighted by Crippen LogP contribution is -2.16. The second-order valence-electron chi connectivity index (χ2n) is 4.07. The molecule has 0 saturated heterocycles. The van der Waals surface area contributed by atoms with E-state index in [0.717, 1.165) is 0 Å². The molecule has 4 nitrogen and oxygen atoms in total. The van der Waals surface area contributed by atoms with Gasteiger partial charge in [0, 0.05) is 8.04 Å². The smallest absolute Gasteiger partial charge is 0.337 e. The van der Waals surface area contributed by atoms with Gasteiger partial charge in [0.2, 0.25) is 0 Å². The molecule has 1 amide bonds. The molecule has 2 aromatic rings. The van der Waals surface area contributed by atoms with E-state index in [1.165, 1.54) is 30.3 Å². The van der Waals surface area contributed by atoms with E-state index in [-0.39, 0.29) is 16.8 Å². The number of hydrogen-bond donors (Lipinski definition) is 2. The number of rotatable bonds is 3. The van der Waals surface area contributed by atoms with Crippen LogP contribution in [0, 0.1) is 9.39 Å². The number of hydrogen-bond acceptors (Lipinski definition) is 2. The van der Waals surface area contributed by atoms with Crippen LogP contribution in [0.4, 0.5) is 10.1 Å². The Balaban J connectivity index is 2.34. The van der Waals surface area contributed by atoms with E-state index >= 15 is 0 Å². The van der Waals surface area contributed by atoms with Crippen molar-refractivity contribution in [1.29, 1.82) is 0 Å². The van der Waals surface area contributed by atoms with Crippen LogP contribution in [0.2, 0.25) is 0 Å². The van der Waals surface area contributed by atoms with E-state index in [0.29, 0.717) is 8.04 Å². The fourth-order valence-corrected chi connectivity index (χ4v) is 2.75. The summed E-state index contributed by atoms with van der Waals surface area (Å²) in [6, 6.07) is 8.27. The van der Waals surface area contributed by atoms with Gasteiger partial charge in [0.25, 0.3) is 5.91 Å². The highest BCUT2D eigenvalue weighted by molar-refractivity contribution is 14.1. The summed E-state index contributed by atoms with van der Waals surface area (Å²) < 4.78 is 14.1. The first-order valence-corrected chi connectivity index (χ1v) is 7.55. The molecule has 0 fully saturated rings. The van der Waals surface area contributed by atoms with E-state index in [4.69, 9.17) is 5.11 Å². The number of anilines is 1. The van der Waals surface area contributed by atoms with E-state index in [9.17, 15) is 14.0 Å². The van der Waals surface area contributed by atoms with Crippen LogP contribution in [0.3, 0.4) is 0 Å². The van der Waals surface area contributed by atoms with Gasteiger partial charge in [-0.15, -0.1) is 0 Å². The third-order valence-corrected chi connectivity index (χ3v) is 4.02. The Morgan fingerprint density at radius 3 is 2.48 bits per heavy atom. The quantitative estimate of drug-likeness (QED) is 0.672. The number of halogens is 3. The Kier molecular flexibility index (Phi) is 4.94. The van der Waals surface area contributed by atoms with Gasteiger partial charge in [-0.25, -0.2) is 9.18 Å². The molecule has 0 spiro atoms. The van der Waals surface area contributed by atoms with E-state index in [1.54, 1.807) is 6.07 Å². The Labute approximate surface area is 141 Å². The lowest BCUT2D eigenvalue weighted by Gasteiger charge is -2.10. The summed E-state index contributed by atoms with van der Waals surface area (Å²) in [5.41, 5.74) is 0.418. The molecule has 0 heterocycles. The topological polar surface area (TPSA) is 66.4 Å².